The molecule has 16 heavy (non-hydrogen) atoms. The Kier molecular flexibility index (Phi) is 5.29. The van der Waals surface area contributed by atoms with Gasteiger partial charge in [-0.15, -0.1) is 11.6 Å². The van der Waals surface area contributed by atoms with Crippen LogP contribution < -0.4 is 4.74 Å². The second-order valence-corrected chi connectivity index (χ2v) is 3.65. The predicted octanol–water partition coefficient (Wildman–Crippen LogP) is 1.93. The summed E-state index contributed by atoms with van der Waals surface area (Å²) >= 11 is 5.46. The summed E-state index contributed by atoms with van der Waals surface area (Å²) < 4.78 is 5.42. The molecule has 0 atom stereocenters. The molecule has 0 bridgehead atoms. The Hall–Kier alpha value is -1.06. The highest BCUT2D eigenvalue weighted by atomic mass is 35.5. The lowest BCUT2D eigenvalue weighted by molar-refractivity contribution is -0.116. The van der Waals surface area contributed by atoms with E-state index in [0.29, 0.717) is 12.4 Å². The first-order chi connectivity index (χ1) is 7.71. The van der Waals surface area contributed by atoms with Crippen molar-refractivity contribution in [2.24, 2.45) is 0 Å². The van der Waals surface area contributed by atoms with Crippen LogP contribution in [0.25, 0.3) is 0 Å². The van der Waals surface area contributed by atoms with Crippen molar-refractivity contribution >= 4 is 17.4 Å². The normalized spacial score (nSPS) is 10.2. The first kappa shape index (κ1) is 13.0. The molecular weight excluding hydrogens is 228 g/mol. The minimum Gasteiger partial charge on any atom is -0.494 e. The summed E-state index contributed by atoms with van der Waals surface area (Å²) in [5.74, 6) is 0.611. The molecule has 0 aromatic heterocycles. The maximum absolute atomic E-state index is 11.3. The summed E-state index contributed by atoms with van der Waals surface area (Å²) in [5, 5.41) is 9.01. The third kappa shape index (κ3) is 3.51. The van der Waals surface area contributed by atoms with E-state index in [1.165, 1.54) is 0 Å². The molecule has 0 aliphatic rings. The Morgan fingerprint density at radius 3 is 2.81 bits per heavy atom. The molecular formula is C12H15ClO3. The molecule has 0 saturated carbocycles. The van der Waals surface area contributed by atoms with Crippen LogP contribution in [-0.2, 0) is 17.8 Å². The molecule has 0 heterocycles. The largest absolute Gasteiger partial charge is 0.494 e. The van der Waals surface area contributed by atoms with Crippen molar-refractivity contribution in [1.82, 2.24) is 0 Å². The highest BCUT2D eigenvalue weighted by Crippen LogP contribution is 2.21. The Morgan fingerprint density at radius 1 is 1.50 bits per heavy atom. The van der Waals surface area contributed by atoms with E-state index in [0.717, 1.165) is 11.1 Å². The Labute approximate surface area is 100.0 Å². The van der Waals surface area contributed by atoms with Crippen LogP contribution in [0, 0.1) is 0 Å². The average molecular weight is 243 g/mol. The second kappa shape index (κ2) is 6.51. The van der Waals surface area contributed by atoms with E-state index >= 15 is 0 Å². The van der Waals surface area contributed by atoms with Crippen LogP contribution in [0.4, 0.5) is 0 Å². The smallest absolute Gasteiger partial charge is 0.152 e. The molecule has 4 heteroatoms. The molecule has 0 aliphatic heterocycles. The van der Waals surface area contributed by atoms with Crippen LogP contribution in [0.15, 0.2) is 18.2 Å². The van der Waals surface area contributed by atoms with Crippen molar-refractivity contribution in [3.8, 4) is 5.75 Å². The zero-order valence-corrected chi connectivity index (χ0v) is 9.96. The number of aliphatic hydroxyl groups excluding tert-OH is 1. The number of aliphatic hydroxyl groups is 1. The number of rotatable bonds is 6. The van der Waals surface area contributed by atoms with Crippen molar-refractivity contribution in [2.75, 3.05) is 12.5 Å². The fourth-order valence-corrected chi connectivity index (χ4v) is 1.49. The molecule has 1 N–H and O–H groups in total. The summed E-state index contributed by atoms with van der Waals surface area (Å²) in [7, 11) is 0. The van der Waals surface area contributed by atoms with Gasteiger partial charge < -0.3 is 9.84 Å². The number of Topliss-reactive ketones (excluding diaryl/α,β-unsaturated/α-hetero) is 1. The zero-order chi connectivity index (χ0) is 12.0. The number of ether oxygens (including phenoxy) is 1. The lowest BCUT2D eigenvalue weighted by Crippen LogP contribution is -2.06. The number of ketones is 1. The topological polar surface area (TPSA) is 46.5 Å². The molecule has 1 aromatic carbocycles. The van der Waals surface area contributed by atoms with Crippen LogP contribution in [0.1, 0.15) is 18.1 Å². The van der Waals surface area contributed by atoms with Gasteiger partial charge in [-0.1, -0.05) is 12.1 Å². The van der Waals surface area contributed by atoms with E-state index in [-0.39, 0.29) is 24.7 Å². The molecule has 0 aliphatic carbocycles. The van der Waals surface area contributed by atoms with Gasteiger partial charge in [-0.2, -0.15) is 0 Å². The van der Waals surface area contributed by atoms with Crippen LogP contribution in [0.5, 0.6) is 5.75 Å². The molecule has 0 saturated heterocycles. The van der Waals surface area contributed by atoms with Gasteiger partial charge in [0.15, 0.2) is 5.78 Å². The first-order valence-corrected chi connectivity index (χ1v) is 5.67. The number of alkyl halides is 1. The molecule has 88 valence electrons. The van der Waals surface area contributed by atoms with Gasteiger partial charge in [0.1, 0.15) is 5.75 Å². The summed E-state index contributed by atoms with van der Waals surface area (Å²) in [6.45, 7) is 2.36. The molecule has 1 rings (SSSR count). The number of carbonyl (C=O) groups excluding carboxylic acids is 1. The molecule has 0 fully saturated rings. The first-order valence-electron chi connectivity index (χ1n) is 5.14. The van der Waals surface area contributed by atoms with Gasteiger partial charge in [0.25, 0.3) is 0 Å². The molecule has 0 amide bonds. The zero-order valence-electron chi connectivity index (χ0n) is 9.20. The highest BCUT2D eigenvalue weighted by Gasteiger charge is 2.09. The minimum atomic E-state index is -0.0423. The number of hydrogen-bond donors (Lipinski definition) is 1. The quantitative estimate of drug-likeness (QED) is 0.776. The maximum Gasteiger partial charge on any atom is 0.152 e. The number of halogens is 1. The Morgan fingerprint density at radius 2 is 2.25 bits per heavy atom. The van der Waals surface area contributed by atoms with Crippen molar-refractivity contribution < 1.29 is 14.6 Å². The van der Waals surface area contributed by atoms with Gasteiger partial charge in [0, 0.05) is 12.0 Å². The monoisotopic (exact) mass is 242 g/mol. The SMILES string of the molecule is CCOc1cc(CO)ccc1CC(=O)CCl. The van der Waals surface area contributed by atoms with Gasteiger partial charge in [-0.3, -0.25) is 4.79 Å². The van der Waals surface area contributed by atoms with Gasteiger partial charge >= 0.3 is 0 Å². The fourth-order valence-electron chi connectivity index (χ4n) is 1.39. The Bertz CT molecular complexity index is 363. The average Bonchev–Trinajstić information content (AvgIpc) is 2.31. The lowest BCUT2D eigenvalue weighted by atomic mass is 10.1. The fraction of sp³-hybridized carbons (Fsp3) is 0.417. The van der Waals surface area contributed by atoms with Crippen molar-refractivity contribution in [2.45, 2.75) is 20.0 Å². The van der Waals surface area contributed by atoms with Crippen LogP contribution >= 0.6 is 11.6 Å². The standard InChI is InChI=1S/C12H15ClO3/c1-2-16-12-5-9(8-14)3-4-10(12)6-11(15)7-13/h3-5,14H,2,6-8H2,1H3. The van der Waals surface area contributed by atoms with Gasteiger partial charge in [0.05, 0.1) is 19.1 Å². The van der Waals surface area contributed by atoms with Crippen LogP contribution in [0.3, 0.4) is 0 Å². The third-order valence-electron chi connectivity index (χ3n) is 2.15. The van der Waals surface area contributed by atoms with E-state index in [1.807, 2.05) is 6.92 Å². The van der Waals surface area contributed by atoms with Gasteiger partial charge in [-0.25, -0.2) is 0 Å². The van der Waals surface area contributed by atoms with Crippen molar-refractivity contribution in [3.63, 3.8) is 0 Å². The van der Waals surface area contributed by atoms with Crippen molar-refractivity contribution in [1.29, 1.82) is 0 Å². The Balaban J connectivity index is 2.93. The number of hydrogen-bond acceptors (Lipinski definition) is 3. The predicted molar refractivity (Wildman–Crippen MR) is 63.0 cm³/mol. The molecule has 0 unspecified atom stereocenters. The lowest BCUT2D eigenvalue weighted by Gasteiger charge is -2.10. The van der Waals surface area contributed by atoms with Gasteiger partial charge in [0.2, 0.25) is 0 Å². The summed E-state index contributed by atoms with van der Waals surface area (Å²) in [5.41, 5.74) is 1.58. The van der Waals surface area contributed by atoms with Crippen molar-refractivity contribution in [3.05, 3.63) is 29.3 Å². The maximum atomic E-state index is 11.3. The van der Waals surface area contributed by atoms with E-state index in [2.05, 4.69) is 0 Å². The van der Waals surface area contributed by atoms with E-state index in [1.54, 1.807) is 18.2 Å². The third-order valence-corrected chi connectivity index (χ3v) is 2.45. The minimum absolute atomic E-state index is 0.00726. The second-order valence-electron chi connectivity index (χ2n) is 3.38. The van der Waals surface area contributed by atoms with Crippen LogP contribution in [0.2, 0.25) is 0 Å². The van der Waals surface area contributed by atoms with E-state index < -0.39 is 0 Å². The summed E-state index contributed by atoms with van der Waals surface area (Å²) in [6.07, 6.45) is 0.268. The highest BCUT2D eigenvalue weighted by molar-refractivity contribution is 6.27. The molecule has 0 radical (unpaired) electrons. The molecule has 1 aromatic rings. The molecule has 0 spiro atoms. The summed E-state index contributed by atoms with van der Waals surface area (Å²) in [4.78, 5) is 11.3. The summed E-state index contributed by atoms with van der Waals surface area (Å²) in [6, 6.07) is 5.32. The number of benzene rings is 1. The number of carbonyl (C=O) groups is 1. The van der Waals surface area contributed by atoms with E-state index in [9.17, 15) is 4.79 Å². The van der Waals surface area contributed by atoms with E-state index in [4.69, 9.17) is 21.4 Å². The van der Waals surface area contributed by atoms with Gasteiger partial charge in [-0.05, 0) is 18.6 Å². The van der Waals surface area contributed by atoms with Crippen LogP contribution in [-0.4, -0.2) is 23.4 Å². The molecule has 3 nitrogen and oxygen atoms in total.